The van der Waals surface area contributed by atoms with Crippen molar-refractivity contribution in [3.63, 3.8) is 0 Å². The summed E-state index contributed by atoms with van der Waals surface area (Å²) < 4.78 is 5.69. The fraction of sp³-hybridized carbons (Fsp3) is 0.222. The van der Waals surface area contributed by atoms with Crippen LogP contribution in [0.1, 0.15) is 23.0 Å². The van der Waals surface area contributed by atoms with Gasteiger partial charge in [-0.05, 0) is 32.0 Å². The fourth-order valence-electron chi connectivity index (χ4n) is 2.33. The van der Waals surface area contributed by atoms with Crippen LogP contribution in [0, 0.1) is 6.92 Å². The zero-order chi connectivity index (χ0) is 16.2. The van der Waals surface area contributed by atoms with E-state index < -0.39 is 0 Å². The fourth-order valence-corrected chi connectivity index (χ4v) is 2.33. The number of nitrogens with one attached hydrogen (secondary N) is 2. The van der Waals surface area contributed by atoms with Crippen LogP contribution in [0.25, 0.3) is 10.9 Å². The Hall–Kier alpha value is -2.82. The number of aryl methyl sites for hydroxylation is 1. The second kappa shape index (κ2) is 6.52. The average Bonchev–Trinajstić information content (AvgIpc) is 2.98. The topological polar surface area (TPSA) is 67.0 Å². The average molecular weight is 309 g/mol. The summed E-state index contributed by atoms with van der Waals surface area (Å²) in [5.41, 5.74) is 2.44. The SMILES string of the molecule is Cc1ccc(OC[C@@H](C)NC(=O)c2n[nH]c3ccccc23)cc1. The highest BCUT2D eigenvalue weighted by Gasteiger charge is 2.16. The van der Waals surface area contributed by atoms with Crippen molar-refractivity contribution in [2.24, 2.45) is 0 Å². The van der Waals surface area contributed by atoms with Gasteiger partial charge in [0.2, 0.25) is 0 Å². The van der Waals surface area contributed by atoms with Crippen molar-refractivity contribution < 1.29 is 9.53 Å². The Kier molecular flexibility index (Phi) is 4.28. The molecule has 2 aromatic carbocycles. The first-order valence-corrected chi connectivity index (χ1v) is 7.57. The Balaban J connectivity index is 1.60. The van der Waals surface area contributed by atoms with Gasteiger partial charge in [-0.25, -0.2) is 0 Å². The number of ether oxygens (including phenoxy) is 1. The zero-order valence-electron chi connectivity index (χ0n) is 13.2. The van der Waals surface area contributed by atoms with Gasteiger partial charge in [-0.1, -0.05) is 35.9 Å². The Labute approximate surface area is 134 Å². The molecule has 0 saturated carbocycles. The lowest BCUT2D eigenvalue weighted by atomic mass is 10.2. The smallest absolute Gasteiger partial charge is 0.272 e. The number of fused-ring (bicyclic) bond motifs is 1. The molecule has 0 bridgehead atoms. The van der Waals surface area contributed by atoms with Crippen LogP contribution in [0.15, 0.2) is 48.5 Å². The van der Waals surface area contributed by atoms with Gasteiger partial charge in [0.15, 0.2) is 5.69 Å². The Morgan fingerprint density at radius 3 is 2.74 bits per heavy atom. The van der Waals surface area contributed by atoms with Gasteiger partial charge in [0.1, 0.15) is 12.4 Å². The van der Waals surface area contributed by atoms with Gasteiger partial charge < -0.3 is 10.1 Å². The van der Waals surface area contributed by atoms with Crippen molar-refractivity contribution in [1.29, 1.82) is 0 Å². The number of nitrogens with zero attached hydrogens (tertiary/aromatic N) is 1. The van der Waals surface area contributed by atoms with Gasteiger partial charge in [-0.3, -0.25) is 9.89 Å². The summed E-state index contributed by atoms with van der Waals surface area (Å²) in [6.07, 6.45) is 0. The van der Waals surface area contributed by atoms with E-state index in [0.29, 0.717) is 12.3 Å². The predicted octanol–water partition coefficient (Wildman–Crippen LogP) is 3.07. The summed E-state index contributed by atoms with van der Waals surface area (Å²) in [6.45, 7) is 4.33. The second-order valence-corrected chi connectivity index (χ2v) is 5.62. The van der Waals surface area contributed by atoms with E-state index in [2.05, 4.69) is 15.5 Å². The third-order valence-corrected chi connectivity index (χ3v) is 3.58. The second-order valence-electron chi connectivity index (χ2n) is 5.62. The molecule has 118 valence electrons. The van der Waals surface area contributed by atoms with Crippen molar-refractivity contribution >= 4 is 16.8 Å². The molecule has 0 unspecified atom stereocenters. The first-order chi connectivity index (χ1) is 11.1. The molecule has 1 heterocycles. The summed E-state index contributed by atoms with van der Waals surface area (Å²) in [7, 11) is 0. The van der Waals surface area contributed by atoms with Crippen LogP contribution in [0.2, 0.25) is 0 Å². The van der Waals surface area contributed by atoms with Crippen molar-refractivity contribution in [3.05, 3.63) is 59.8 Å². The summed E-state index contributed by atoms with van der Waals surface area (Å²) in [4.78, 5) is 12.3. The molecule has 0 saturated heterocycles. The van der Waals surface area contributed by atoms with Crippen LogP contribution >= 0.6 is 0 Å². The highest BCUT2D eigenvalue weighted by molar-refractivity contribution is 6.04. The molecule has 0 fully saturated rings. The number of carbonyl (C=O) groups is 1. The molecule has 1 amide bonds. The van der Waals surface area contributed by atoms with E-state index >= 15 is 0 Å². The van der Waals surface area contributed by atoms with E-state index in [0.717, 1.165) is 16.7 Å². The molecule has 23 heavy (non-hydrogen) atoms. The van der Waals surface area contributed by atoms with E-state index in [4.69, 9.17) is 4.74 Å². The molecule has 1 aromatic heterocycles. The molecular weight excluding hydrogens is 290 g/mol. The van der Waals surface area contributed by atoms with Gasteiger partial charge in [0, 0.05) is 5.39 Å². The molecular formula is C18H19N3O2. The van der Waals surface area contributed by atoms with Crippen LogP contribution in [0.4, 0.5) is 0 Å². The number of amides is 1. The lowest BCUT2D eigenvalue weighted by Crippen LogP contribution is -2.37. The monoisotopic (exact) mass is 309 g/mol. The van der Waals surface area contributed by atoms with E-state index in [1.54, 1.807) is 0 Å². The number of H-pyrrole nitrogens is 1. The highest BCUT2D eigenvalue weighted by atomic mass is 16.5. The minimum Gasteiger partial charge on any atom is -0.491 e. The number of hydrogen-bond acceptors (Lipinski definition) is 3. The minimum atomic E-state index is -0.206. The number of benzene rings is 2. The molecule has 3 rings (SSSR count). The summed E-state index contributed by atoms with van der Waals surface area (Å²) >= 11 is 0. The Bertz CT molecular complexity index is 809. The zero-order valence-corrected chi connectivity index (χ0v) is 13.2. The molecule has 0 aliphatic rings. The summed E-state index contributed by atoms with van der Waals surface area (Å²) in [5, 5.41) is 10.7. The molecule has 0 aliphatic heterocycles. The first-order valence-electron chi connectivity index (χ1n) is 7.57. The normalized spacial score (nSPS) is 12.1. The van der Waals surface area contributed by atoms with Crippen LogP contribution in [0.3, 0.4) is 0 Å². The third kappa shape index (κ3) is 3.51. The van der Waals surface area contributed by atoms with Crippen LogP contribution < -0.4 is 10.1 Å². The number of rotatable bonds is 5. The number of carbonyl (C=O) groups excluding carboxylic acids is 1. The minimum absolute atomic E-state index is 0.126. The van der Waals surface area contributed by atoms with Crippen molar-refractivity contribution in [2.75, 3.05) is 6.61 Å². The molecule has 3 aromatic rings. The largest absolute Gasteiger partial charge is 0.491 e. The molecule has 0 aliphatic carbocycles. The molecule has 2 N–H and O–H groups in total. The van der Waals surface area contributed by atoms with E-state index in [9.17, 15) is 4.79 Å². The maximum absolute atomic E-state index is 12.3. The van der Waals surface area contributed by atoms with Crippen molar-refractivity contribution in [2.45, 2.75) is 19.9 Å². The Morgan fingerprint density at radius 1 is 1.22 bits per heavy atom. The molecule has 5 heteroatoms. The quantitative estimate of drug-likeness (QED) is 0.761. The van der Waals surface area contributed by atoms with E-state index in [1.165, 1.54) is 5.56 Å². The van der Waals surface area contributed by atoms with Gasteiger partial charge in [0.25, 0.3) is 5.91 Å². The number of hydrogen-bond donors (Lipinski definition) is 2. The molecule has 1 atom stereocenters. The number of para-hydroxylation sites is 1. The van der Waals surface area contributed by atoms with Crippen LogP contribution in [-0.4, -0.2) is 28.8 Å². The maximum Gasteiger partial charge on any atom is 0.272 e. The van der Waals surface area contributed by atoms with Crippen LogP contribution in [-0.2, 0) is 0 Å². The Morgan fingerprint density at radius 2 is 1.96 bits per heavy atom. The predicted molar refractivity (Wildman–Crippen MR) is 89.7 cm³/mol. The summed E-state index contributed by atoms with van der Waals surface area (Å²) in [6, 6.07) is 15.3. The van der Waals surface area contributed by atoms with Gasteiger partial charge in [-0.2, -0.15) is 5.10 Å². The van der Waals surface area contributed by atoms with Gasteiger partial charge in [-0.15, -0.1) is 0 Å². The summed E-state index contributed by atoms with van der Waals surface area (Å²) in [5.74, 6) is 0.587. The molecule has 0 spiro atoms. The molecule has 5 nitrogen and oxygen atoms in total. The molecule has 0 radical (unpaired) electrons. The van der Waals surface area contributed by atoms with Crippen molar-refractivity contribution in [1.82, 2.24) is 15.5 Å². The third-order valence-electron chi connectivity index (χ3n) is 3.58. The van der Waals surface area contributed by atoms with E-state index in [-0.39, 0.29) is 11.9 Å². The maximum atomic E-state index is 12.3. The number of aromatic nitrogens is 2. The number of aromatic amines is 1. The standard InChI is InChI=1S/C18H19N3O2/c1-12-7-9-14(10-8-12)23-11-13(2)19-18(22)17-15-5-3-4-6-16(15)20-21-17/h3-10,13H,11H2,1-2H3,(H,19,22)(H,20,21)/t13-/m1/s1. The lowest BCUT2D eigenvalue weighted by molar-refractivity contribution is 0.0923. The van der Waals surface area contributed by atoms with Crippen molar-refractivity contribution in [3.8, 4) is 5.75 Å². The van der Waals surface area contributed by atoms with Gasteiger partial charge in [0.05, 0.1) is 11.6 Å². The lowest BCUT2D eigenvalue weighted by Gasteiger charge is -2.14. The van der Waals surface area contributed by atoms with Gasteiger partial charge >= 0.3 is 0 Å². The first kappa shape index (κ1) is 15.1. The van der Waals surface area contributed by atoms with Crippen LogP contribution in [0.5, 0.6) is 5.75 Å². The highest BCUT2D eigenvalue weighted by Crippen LogP contribution is 2.15. The van der Waals surface area contributed by atoms with E-state index in [1.807, 2.05) is 62.4 Å².